The van der Waals surface area contributed by atoms with E-state index in [0.29, 0.717) is 41.0 Å². The average Bonchev–Trinajstić information content (AvgIpc) is 3.08. The Morgan fingerprint density at radius 3 is 2.47 bits per heavy atom. The molecule has 0 saturated carbocycles. The molecule has 162 valence electrons. The van der Waals surface area contributed by atoms with Crippen LogP contribution in [0.25, 0.3) is 6.08 Å². The molecule has 0 aromatic heterocycles. The second-order valence-electron chi connectivity index (χ2n) is 7.22. The summed E-state index contributed by atoms with van der Waals surface area (Å²) in [7, 11) is 0. The van der Waals surface area contributed by atoms with Crippen molar-refractivity contribution in [3.05, 3.63) is 94.5 Å². The van der Waals surface area contributed by atoms with Crippen molar-refractivity contribution in [2.45, 2.75) is 20.5 Å². The molecule has 0 bridgehead atoms. The van der Waals surface area contributed by atoms with E-state index in [1.54, 1.807) is 0 Å². The second kappa shape index (κ2) is 9.71. The zero-order valence-corrected chi connectivity index (χ0v) is 18.7. The van der Waals surface area contributed by atoms with Crippen LogP contribution < -0.4 is 14.5 Å². The van der Waals surface area contributed by atoms with Gasteiger partial charge < -0.3 is 9.47 Å². The molecule has 6 heteroatoms. The smallest absolute Gasteiger partial charge is 0.280 e. The molecule has 1 amide bonds. The molecule has 1 aliphatic heterocycles. The van der Waals surface area contributed by atoms with Crippen molar-refractivity contribution in [1.29, 1.82) is 0 Å². The normalized spacial score (nSPS) is 14.6. The largest absolute Gasteiger partial charge is 0.490 e. The summed E-state index contributed by atoms with van der Waals surface area (Å²) in [4.78, 5) is 13.0. The van der Waals surface area contributed by atoms with E-state index in [2.05, 4.69) is 5.10 Å². The van der Waals surface area contributed by atoms with E-state index < -0.39 is 0 Å². The first-order valence-electron chi connectivity index (χ1n) is 10.4. The van der Waals surface area contributed by atoms with Gasteiger partial charge in [-0.1, -0.05) is 54.1 Å². The quantitative estimate of drug-likeness (QED) is 0.410. The lowest BCUT2D eigenvalue weighted by atomic mass is 10.1. The van der Waals surface area contributed by atoms with Crippen LogP contribution in [0.5, 0.6) is 11.5 Å². The molecule has 3 aromatic rings. The van der Waals surface area contributed by atoms with Gasteiger partial charge in [-0.25, -0.2) is 0 Å². The fourth-order valence-electron chi connectivity index (χ4n) is 3.37. The first-order chi connectivity index (χ1) is 15.6. The maximum Gasteiger partial charge on any atom is 0.280 e. The third kappa shape index (κ3) is 4.68. The van der Waals surface area contributed by atoms with Crippen molar-refractivity contribution in [2.75, 3.05) is 11.6 Å². The third-order valence-electron chi connectivity index (χ3n) is 4.98. The summed E-state index contributed by atoms with van der Waals surface area (Å²) in [5.41, 5.74) is 3.66. The van der Waals surface area contributed by atoms with Crippen molar-refractivity contribution in [2.24, 2.45) is 5.10 Å². The van der Waals surface area contributed by atoms with E-state index in [9.17, 15) is 4.79 Å². The van der Waals surface area contributed by atoms with Gasteiger partial charge in [-0.3, -0.25) is 4.79 Å². The van der Waals surface area contributed by atoms with Crippen molar-refractivity contribution >= 4 is 35.0 Å². The van der Waals surface area contributed by atoms with Crippen molar-refractivity contribution < 1.29 is 14.3 Å². The van der Waals surface area contributed by atoms with E-state index in [4.69, 9.17) is 21.1 Å². The highest BCUT2D eigenvalue weighted by atomic mass is 35.5. The van der Waals surface area contributed by atoms with Crippen molar-refractivity contribution in [3.8, 4) is 11.5 Å². The highest BCUT2D eigenvalue weighted by Gasteiger charge is 2.28. The summed E-state index contributed by atoms with van der Waals surface area (Å²) in [5.74, 6) is 1.06. The molecule has 5 nitrogen and oxygen atoms in total. The van der Waals surface area contributed by atoms with Gasteiger partial charge >= 0.3 is 0 Å². The number of rotatable bonds is 7. The number of anilines is 1. The zero-order chi connectivity index (χ0) is 22.5. The van der Waals surface area contributed by atoms with Gasteiger partial charge in [0.25, 0.3) is 5.91 Å². The van der Waals surface area contributed by atoms with Crippen LogP contribution in [0.1, 0.15) is 25.0 Å². The molecule has 32 heavy (non-hydrogen) atoms. The van der Waals surface area contributed by atoms with E-state index >= 15 is 0 Å². The first kappa shape index (κ1) is 21.7. The lowest BCUT2D eigenvalue weighted by Crippen LogP contribution is -2.21. The summed E-state index contributed by atoms with van der Waals surface area (Å²) in [6, 6.07) is 22.5. The fraction of sp³-hybridized carbons (Fsp3) is 0.154. The lowest BCUT2D eigenvalue weighted by molar-refractivity contribution is -0.114. The predicted octanol–water partition coefficient (Wildman–Crippen LogP) is 6.12. The van der Waals surface area contributed by atoms with E-state index in [1.807, 2.05) is 92.7 Å². The van der Waals surface area contributed by atoms with Crippen LogP contribution in [0, 0.1) is 0 Å². The maximum absolute atomic E-state index is 13.0. The Hall–Kier alpha value is -3.57. The monoisotopic (exact) mass is 446 g/mol. The Balaban J connectivity index is 1.57. The fourth-order valence-corrected chi connectivity index (χ4v) is 3.56. The number of amides is 1. The number of hydrogen-bond acceptors (Lipinski definition) is 4. The van der Waals surface area contributed by atoms with Crippen LogP contribution in [0.4, 0.5) is 5.69 Å². The molecule has 1 heterocycles. The van der Waals surface area contributed by atoms with Crippen LogP contribution in [-0.2, 0) is 11.4 Å². The number of para-hydroxylation sites is 1. The van der Waals surface area contributed by atoms with Gasteiger partial charge in [0.15, 0.2) is 11.5 Å². The van der Waals surface area contributed by atoms with Gasteiger partial charge in [-0.15, -0.1) is 0 Å². The molecular weight excluding hydrogens is 424 g/mol. The molecule has 0 fully saturated rings. The molecule has 4 rings (SSSR count). The minimum atomic E-state index is -0.161. The highest BCUT2D eigenvalue weighted by molar-refractivity contribution is 6.32. The van der Waals surface area contributed by atoms with Crippen LogP contribution in [0.2, 0.25) is 5.02 Å². The molecule has 0 saturated heterocycles. The maximum atomic E-state index is 13.0. The summed E-state index contributed by atoms with van der Waals surface area (Å²) in [6.45, 7) is 4.56. The third-order valence-corrected chi connectivity index (χ3v) is 5.35. The van der Waals surface area contributed by atoms with Gasteiger partial charge in [0.2, 0.25) is 0 Å². The van der Waals surface area contributed by atoms with Crippen LogP contribution in [0.15, 0.2) is 83.5 Å². The van der Waals surface area contributed by atoms with Gasteiger partial charge in [-0.05, 0) is 55.8 Å². The summed E-state index contributed by atoms with van der Waals surface area (Å²) < 4.78 is 11.8. The van der Waals surface area contributed by atoms with E-state index in [-0.39, 0.29) is 5.91 Å². The average molecular weight is 447 g/mol. The standard InChI is InChI=1S/C26H23ClN2O3/c1-3-31-25-16-19(13-14-24(25)32-17-20-9-7-8-12-23(20)27)15-22-18(2)28-29(26(22)30)21-10-5-4-6-11-21/h4-16H,3,17H2,1-2H3/b22-15-. The van der Waals surface area contributed by atoms with Gasteiger partial charge in [-0.2, -0.15) is 10.1 Å². The van der Waals surface area contributed by atoms with Crippen LogP contribution in [-0.4, -0.2) is 18.2 Å². The minimum absolute atomic E-state index is 0.161. The topological polar surface area (TPSA) is 51.1 Å². The Morgan fingerprint density at radius 1 is 0.969 bits per heavy atom. The Morgan fingerprint density at radius 2 is 1.72 bits per heavy atom. The summed E-state index contributed by atoms with van der Waals surface area (Å²) in [6.07, 6.45) is 1.82. The highest BCUT2D eigenvalue weighted by Crippen LogP contribution is 2.32. The number of benzene rings is 3. The Kier molecular flexibility index (Phi) is 6.57. The first-order valence-corrected chi connectivity index (χ1v) is 10.7. The number of hydrogen-bond donors (Lipinski definition) is 0. The lowest BCUT2D eigenvalue weighted by Gasteiger charge is -2.14. The Bertz CT molecular complexity index is 1190. The van der Waals surface area contributed by atoms with Gasteiger partial charge in [0, 0.05) is 10.6 Å². The molecule has 0 radical (unpaired) electrons. The van der Waals surface area contributed by atoms with Crippen LogP contribution >= 0.6 is 11.6 Å². The molecule has 0 unspecified atom stereocenters. The molecule has 1 aliphatic rings. The molecule has 0 atom stereocenters. The summed E-state index contributed by atoms with van der Waals surface area (Å²) in [5, 5.41) is 6.51. The van der Waals surface area contributed by atoms with E-state index in [0.717, 1.165) is 16.8 Å². The SMILES string of the molecule is CCOc1cc(/C=C2\C(=O)N(c3ccccc3)N=C2C)ccc1OCc1ccccc1Cl. The van der Waals surface area contributed by atoms with Gasteiger partial charge in [0.05, 0.1) is 23.6 Å². The summed E-state index contributed by atoms with van der Waals surface area (Å²) >= 11 is 6.23. The Labute approximate surface area is 192 Å². The molecule has 3 aromatic carbocycles. The number of carbonyl (C=O) groups is 1. The number of nitrogens with zero attached hydrogens (tertiary/aromatic N) is 2. The van der Waals surface area contributed by atoms with Crippen LogP contribution in [0.3, 0.4) is 0 Å². The number of ether oxygens (including phenoxy) is 2. The molecular formula is C26H23ClN2O3. The number of carbonyl (C=O) groups excluding carboxylic acids is 1. The predicted molar refractivity (Wildman–Crippen MR) is 128 cm³/mol. The van der Waals surface area contributed by atoms with E-state index in [1.165, 1.54) is 5.01 Å². The van der Waals surface area contributed by atoms with Gasteiger partial charge in [0.1, 0.15) is 6.61 Å². The zero-order valence-electron chi connectivity index (χ0n) is 17.9. The van der Waals surface area contributed by atoms with Crippen molar-refractivity contribution in [3.63, 3.8) is 0 Å². The minimum Gasteiger partial charge on any atom is -0.490 e. The molecule has 0 spiro atoms. The molecule has 0 aliphatic carbocycles. The van der Waals surface area contributed by atoms with Crippen molar-refractivity contribution in [1.82, 2.24) is 0 Å². The second-order valence-corrected chi connectivity index (χ2v) is 7.62. The molecule has 0 N–H and O–H groups in total. The number of halogens is 1. The number of hydrazone groups is 1.